The highest BCUT2D eigenvalue weighted by Crippen LogP contribution is 2.24. The molecule has 0 amide bonds. The van der Waals surface area contributed by atoms with Crippen LogP contribution in [0, 0.1) is 5.92 Å². The highest BCUT2D eigenvalue weighted by molar-refractivity contribution is 5.18. The lowest BCUT2D eigenvalue weighted by atomic mass is 9.92. The molecule has 1 aromatic carbocycles. The Morgan fingerprint density at radius 3 is 2.27 bits per heavy atom. The van der Waals surface area contributed by atoms with Gasteiger partial charge in [0.1, 0.15) is 0 Å². The summed E-state index contributed by atoms with van der Waals surface area (Å²) in [6.07, 6.45) is 2.25. The second-order valence-corrected chi connectivity index (χ2v) is 3.73. The molecule has 3 atom stereocenters. The van der Waals surface area contributed by atoms with Gasteiger partial charge in [-0.1, -0.05) is 49.4 Å². The molecule has 2 heteroatoms. The van der Waals surface area contributed by atoms with Gasteiger partial charge in [0.25, 0.3) is 0 Å². The summed E-state index contributed by atoms with van der Waals surface area (Å²) < 4.78 is 0. The summed E-state index contributed by atoms with van der Waals surface area (Å²) in [7, 11) is 0. The molecule has 0 fully saturated rings. The highest BCUT2D eigenvalue weighted by atomic mass is 16.3. The first-order chi connectivity index (χ1) is 7.16. The Kier molecular flexibility index (Phi) is 4.53. The largest absolute Gasteiger partial charge is 0.389 e. The van der Waals surface area contributed by atoms with Crippen LogP contribution in [0.3, 0.4) is 0 Å². The monoisotopic (exact) mass is 206 g/mol. The average Bonchev–Trinajstić information content (AvgIpc) is 2.28. The van der Waals surface area contributed by atoms with Gasteiger partial charge in [0.05, 0.1) is 12.2 Å². The van der Waals surface area contributed by atoms with Gasteiger partial charge in [-0.2, -0.15) is 0 Å². The Morgan fingerprint density at radius 2 is 1.73 bits per heavy atom. The third-order valence-electron chi connectivity index (χ3n) is 2.57. The van der Waals surface area contributed by atoms with Crippen LogP contribution < -0.4 is 0 Å². The van der Waals surface area contributed by atoms with Gasteiger partial charge in [0.15, 0.2) is 0 Å². The third kappa shape index (κ3) is 3.18. The van der Waals surface area contributed by atoms with E-state index in [0.29, 0.717) is 0 Å². The molecule has 1 aromatic rings. The van der Waals surface area contributed by atoms with Crippen molar-refractivity contribution in [3.05, 3.63) is 48.0 Å². The minimum atomic E-state index is -0.627. The maximum absolute atomic E-state index is 9.99. The van der Waals surface area contributed by atoms with Crippen LogP contribution in [-0.2, 0) is 0 Å². The molecule has 1 rings (SSSR count). The van der Waals surface area contributed by atoms with Crippen molar-refractivity contribution in [2.45, 2.75) is 26.1 Å². The van der Waals surface area contributed by atoms with Gasteiger partial charge in [-0.15, -0.1) is 0 Å². The van der Waals surface area contributed by atoms with Crippen molar-refractivity contribution in [2.24, 2.45) is 5.92 Å². The van der Waals surface area contributed by atoms with Crippen molar-refractivity contribution < 1.29 is 10.2 Å². The van der Waals surface area contributed by atoms with Gasteiger partial charge < -0.3 is 10.2 Å². The van der Waals surface area contributed by atoms with E-state index in [0.717, 1.165) is 5.56 Å². The van der Waals surface area contributed by atoms with E-state index in [4.69, 9.17) is 0 Å². The minimum Gasteiger partial charge on any atom is -0.389 e. The number of hydrogen-bond donors (Lipinski definition) is 2. The number of hydrogen-bond acceptors (Lipinski definition) is 2. The molecule has 0 aliphatic carbocycles. The van der Waals surface area contributed by atoms with E-state index < -0.39 is 12.2 Å². The van der Waals surface area contributed by atoms with Crippen LogP contribution >= 0.6 is 0 Å². The van der Waals surface area contributed by atoms with Gasteiger partial charge in [-0.3, -0.25) is 0 Å². The van der Waals surface area contributed by atoms with E-state index in [9.17, 15) is 10.2 Å². The molecule has 0 bridgehead atoms. The summed E-state index contributed by atoms with van der Waals surface area (Å²) in [5.74, 6) is -0.205. The average molecular weight is 206 g/mol. The first kappa shape index (κ1) is 12.0. The van der Waals surface area contributed by atoms with E-state index in [1.54, 1.807) is 12.2 Å². The second-order valence-electron chi connectivity index (χ2n) is 3.73. The molecule has 82 valence electrons. The van der Waals surface area contributed by atoms with E-state index >= 15 is 0 Å². The van der Waals surface area contributed by atoms with Crippen LogP contribution in [0.2, 0.25) is 0 Å². The van der Waals surface area contributed by atoms with Gasteiger partial charge in [-0.25, -0.2) is 0 Å². The second kappa shape index (κ2) is 5.69. The molecule has 0 spiro atoms. The Hall–Kier alpha value is -1.12. The van der Waals surface area contributed by atoms with Gasteiger partial charge in [0.2, 0.25) is 0 Å². The molecule has 15 heavy (non-hydrogen) atoms. The fourth-order valence-electron chi connectivity index (χ4n) is 1.51. The number of benzene rings is 1. The molecule has 0 saturated carbocycles. The number of rotatable bonds is 4. The van der Waals surface area contributed by atoms with Crippen molar-refractivity contribution in [1.82, 2.24) is 0 Å². The fraction of sp³-hybridized carbons (Fsp3) is 0.385. The maximum Gasteiger partial charge on any atom is 0.0843 e. The van der Waals surface area contributed by atoms with Crippen molar-refractivity contribution in [3.63, 3.8) is 0 Å². The van der Waals surface area contributed by atoms with E-state index in [-0.39, 0.29) is 5.92 Å². The Balaban J connectivity index is 2.72. The quantitative estimate of drug-likeness (QED) is 0.742. The van der Waals surface area contributed by atoms with E-state index in [1.807, 2.05) is 44.2 Å². The van der Waals surface area contributed by atoms with Gasteiger partial charge in [-0.05, 0) is 12.5 Å². The summed E-state index contributed by atoms with van der Waals surface area (Å²) in [6, 6.07) is 9.40. The molecule has 0 saturated heterocycles. The Bertz CT molecular complexity index is 306. The molecular formula is C13H18O2. The molecule has 0 aromatic heterocycles. The normalized spacial score (nSPS) is 17.6. The molecule has 0 aliphatic rings. The fourth-order valence-corrected chi connectivity index (χ4v) is 1.51. The molecule has 0 heterocycles. The van der Waals surface area contributed by atoms with Crippen molar-refractivity contribution >= 4 is 0 Å². The summed E-state index contributed by atoms with van der Waals surface area (Å²) in [6.45, 7) is 3.69. The third-order valence-corrected chi connectivity index (χ3v) is 2.57. The summed E-state index contributed by atoms with van der Waals surface area (Å²) in [5, 5.41) is 19.7. The molecule has 0 unspecified atom stereocenters. The van der Waals surface area contributed by atoms with Crippen molar-refractivity contribution in [1.29, 1.82) is 0 Å². The summed E-state index contributed by atoms with van der Waals surface area (Å²) in [4.78, 5) is 0. The lowest BCUT2D eigenvalue weighted by Crippen LogP contribution is -2.22. The smallest absolute Gasteiger partial charge is 0.0843 e. The lowest BCUT2D eigenvalue weighted by Gasteiger charge is -2.22. The maximum atomic E-state index is 9.99. The topological polar surface area (TPSA) is 40.5 Å². The molecule has 2 N–H and O–H groups in total. The zero-order valence-corrected chi connectivity index (χ0v) is 9.17. The SMILES string of the molecule is C/C=C/[C@@H](O)[C@@H](C)[C@@H](O)c1ccccc1. The van der Waals surface area contributed by atoms with Gasteiger partial charge in [0, 0.05) is 5.92 Å². The zero-order valence-electron chi connectivity index (χ0n) is 9.17. The zero-order chi connectivity index (χ0) is 11.3. The van der Waals surface area contributed by atoms with Crippen LogP contribution in [0.1, 0.15) is 25.5 Å². The minimum absolute atomic E-state index is 0.205. The van der Waals surface area contributed by atoms with Crippen LogP contribution in [0.25, 0.3) is 0 Å². The first-order valence-electron chi connectivity index (χ1n) is 5.20. The molecule has 0 radical (unpaired) electrons. The van der Waals surface area contributed by atoms with Crippen LogP contribution in [0.5, 0.6) is 0 Å². The molecular weight excluding hydrogens is 188 g/mol. The van der Waals surface area contributed by atoms with Crippen molar-refractivity contribution in [3.8, 4) is 0 Å². The van der Waals surface area contributed by atoms with Crippen LogP contribution in [0.4, 0.5) is 0 Å². The Labute approximate surface area is 90.9 Å². The van der Waals surface area contributed by atoms with E-state index in [1.165, 1.54) is 0 Å². The van der Waals surface area contributed by atoms with Crippen molar-refractivity contribution in [2.75, 3.05) is 0 Å². The molecule has 2 nitrogen and oxygen atoms in total. The van der Waals surface area contributed by atoms with Crippen LogP contribution in [-0.4, -0.2) is 16.3 Å². The standard InChI is InChI=1S/C13H18O2/c1-3-7-12(14)10(2)13(15)11-8-5-4-6-9-11/h3-10,12-15H,1-2H3/b7-3+/t10-,12-,13-/m1/s1. The number of aliphatic hydroxyl groups is 2. The first-order valence-corrected chi connectivity index (χ1v) is 5.20. The molecule has 0 aliphatic heterocycles. The summed E-state index contributed by atoms with van der Waals surface area (Å²) >= 11 is 0. The predicted octanol–water partition coefficient (Wildman–Crippen LogP) is 2.29. The lowest BCUT2D eigenvalue weighted by molar-refractivity contribution is 0.0443. The number of allylic oxidation sites excluding steroid dienone is 1. The van der Waals surface area contributed by atoms with E-state index in [2.05, 4.69) is 0 Å². The van der Waals surface area contributed by atoms with Crippen LogP contribution in [0.15, 0.2) is 42.5 Å². The van der Waals surface area contributed by atoms with Gasteiger partial charge >= 0.3 is 0 Å². The highest BCUT2D eigenvalue weighted by Gasteiger charge is 2.21. The summed E-state index contributed by atoms with van der Waals surface area (Å²) in [5.41, 5.74) is 0.841. The predicted molar refractivity (Wildman–Crippen MR) is 61.4 cm³/mol. The Morgan fingerprint density at radius 1 is 1.13 bits per heavy atom. The number of aliphatic hydroxyl groups excluding tert-OH is 2.